The number of nitrogens with zero attached hydrogens (tertiary/aromatic N) is 6. The van der Waals surface area contributed by atoms with Crippen LogP contribution < -0.4 is 5.69 Å². The van der Waals surface area contributed by atoms with Gasteiger partial charge in [0.25, 0.3) is 0 Å². The van der Waals surface area contributed by atoms with Crippen LogP contribution in [0.4, 0.5) is 0 Å². The minimum Gasteiger partial charge on any atom is -0.333 e. The lowest BCUT2D eigenvalue weighted by Gasteiger charge is -2.26. The van der Waals surface area contributed by atoms with Gasteiger partial charge >= 0.3 is 5.69 Å². The summed E-state index contributed by atoms with van der Waals surface area (Å²) >= 11 is 0. The van der Waals surface area contributed by atoms with Crippen molar-refractivity contribution in [2.75, 3.05) is 6.54 Å². The fourth-order valence-electron chi connectivity index (χ4n) is 3.44. The van der Waals surface area contributed by atoms with Crippen LogP contribution in [0.15, 0.2) is 10.9 Å². The summed E-state index contributed by atoms with van der Waals surface area (Å²) in [5.74, 6) is 1.40. The van der Waals surface area contributed by atoms with E-state index in [2.05, 4.69) is 10.2 Å². The molecule has 0 aromatic carbocycles. The third kappa shape index (κ3) is 3.25. The Kier molecular flexibility index (Phi) is 3.97. The highest BCUT2D eigenvalue weighted by Crippen LogP contribution is 2.29. The zero-order valence-electron chi connectivity index (χ0n) is 14.8. The highest BCUT2D eigenvalue weighted by molar-refractivity contribution is 5.76. The summed E-state index contributed by atoms with van der Waals surface area (Å²) in [6.45, 7) is 6.76. The van der Waals surface area contributed by atoms with Crippen LogP contribution in [0.1, 0.15) is 36.5 Å². The lowest BCUT2D eigenvalue weighted by Crippen LogP contribution is -2.41. The second kappa shape index (κ2) is 6.16. The van der Waals surface area contributed by atoms with E-state index in [0.29, 0.717) is 50.9 Å². The molecule has 2 aromatic heterocycles. The highest BCUT2D eigenvalue weighted by atomic mass is 16.2. The van der Waals surface area contributed by atoms with Gasteiger partial charge in [0.05, 0.1) is 12.2 Å². The number of aromatic nitrogens is 5. The van der Waals surface area contributed by atoms with Gasteiger partial charge in [-0.25, -0.2) is 9.48 Å². The van der Waals surface area contributed by atoms with E-state index in [4.69, 9.17) is 0 Å². The van der Waals surface area contributed by atoms with E-state index in [1.54, 1.807) is 14.1 Å². The second-order valence-electron chi connectivity index (χ2n) is 7.19. The molecule has 3 heterocycles. The van der Waals surface area contributed by atoms with Crippen molar-refractivity contribution in [3.8, 4) is 0 Å². The average molecular weight is 344 g/mol. The molecule has 0 bridgehead atoms. The largest absolute Gasteiger partial charge is 0.346 e. The molecule has 134 valence electrons. The highest BCUT2D eigenvalue weighted by Gasteiger charge is 2.28. The third-order valence-corrected chi connectivity index (χ3v) is 5.05. The molecule has 1 aliphatic heterocycles. The van der Waals surface area contributed by atoms with E-state index in [1.807, 2.05) is 24.6 Å². The van der Waals surface area contributed by atoms with Gasteiger partial charge in [0, 0.05) is 38.3 Å². The maximum atomic E-state index is 12.5. The average Bonchev–Trinajstić information content (AvgIpc) is 3.27. The topological polar surface area (TPSA) is 78.0 Å². The van der Waals surface area contributed by atoms with E-state index in [-0.39, 0.29) is 11.6 Å². The first kappa shape index (κ1) is 16.1. The van der Waals surface area contributed by atoms with Crippen LogP contribution in [0.2, 0.25) is 0 Å². The van der Waals surface area contributed by atoms with Crippen LogP contribution >= 0.6 is 0 Å². The minimum atomic E-state index is -0.0309. The number of hydrogen-bond donors (Lipinski definition) is 0. The molecule has 2 aromatic rings. The molecule has 1 amide bonds. The summed E-state index contributed by atoms with van der Waals surface area (Å²) in [6, 6.07) is 2.01. The Hall–Kier alpha value is -2.38. The van der Waals surface area contributed by atoms with Gasteiger partial charge in [-0.1, -0.05) is 0 Å². The molecule has 0 unspecified atom stereocenters. The van der Waals surface area contributed by atoms with Crippen LogP contribution in [-0.4, -0.2) is 41.5 Å². The summed E-state index contributed by atoms with van der Waals surface area (Å²) in [6.07, 6.45) is 2.78. The first-order chi connectivity index (χ1) is 12.0. The molecule has 8 nitrogen and oxygen atoms in total. The van der Waals surface area contributed by atoms with Crippen LogP contribution in [0, 0.1) is 19.8 Å². The number of carbonyl (C=O) groups is 1. The van der Waals surface area contributed by atoms with Gasteiger partial charge in [-0.15, -0.1) is 0 Å². The Morgan fingerprint density at radius 2 is 2.00 bits per heavy atom. The maximum absolute atomic E-state index is 12.5. The van der Waals surface area contributed by atoms with E-state index in [1.165, 1.54) is 12.8 Å². The van der Waals surface area contributed by atoms with Crippen LogP contribution in [0.3, 0.4) is 0 Å². The lowest BCUT2D eigenvalue weighted by atomic mass is 10.3. The predicted molar refractivity (Wildman–Crippen MR) is 90.9 cm³/mol. The minimum absolute atomic E-state index is 0.0309. The lowest BCUT2D eigenvalue weighted by molar-refractivity contribution is -0.133. The van der Waals surface area contributed by atoms with E-state index in [0.717, 1.165) is 11.4 Å². The van der Waals surface area contributed by atoms with E-state index in [9.17, 15) is 9.59 Å². The van der Waals surface area contributed by atoms with Crippen molar-refractivity contribution in [2.45, 2.75) is 59.3 Å². The number of rotatable bonds is 5. The number of carbonyl (C=O) groups excluding carboxylic acids is 1. The Balaban J connectivity index is 1.40. The molecule has 0 spiro atoms. The van der Waals surface area contributed by atoms with Crippen LogP contribution in [-0.2, 0) is 31.0 Å². The second-order valence-corrected chi connectivity index (χ2v) is 7.19. The molecular formula is C17H24N6O2. The molecule has 2 aliphatic rings. The van der Waals surface area contributed by atoms with Crippen molar-refractivity contribution < 1.29 is 4.79 Å². The number of amides is 1. The standard InChI is InChI=1S/C17H24N6O2/c1-12-9-13(2)22(18-12)6-5-16(24)20-7-8-21-15(11-20)19-23(17(21)25)10-14-3-4-14/h9,14H,3-8,10-11H2,1-2H3. The van der Waals surface area contributed by atoms with Gasteiger partial charge in [-0.05, 0) is 38.7 Å². The first-order valence-corrected chi connectivity index (χ1v) is 8.96. The van der Waals surface area contributed by atoms with Gasteiger partial charge in [0.15, 0.2) is 5.82 Å². The van der Waals surface area contributed by atoms with Gasteiger partial charge < -0.3 is 4.90 Å². The molecule has 4 rings (SSSR count). The van der Waals surface area contributed by atoms with Crippen molar-refractivity contribution >= 4 is 5.91 Å². The molecule has 25 heavy (non-hydrogen) atoms. The molecule has 1 fully saturated rings. The fraction of sp³-hybridized carbons (Fsp3) is 0.647. The summed E-state index contributed by atoms with van der Waals surface area (Å²) in [5, 5.41) is 8.85. The molecule has 0 atom stereocenters. The van der Waals surface area contributed by atoms with Gasteiger partial charge in [0.2, 0.25) is 5.91 Å². The van der Waals surface area contributed by atoms with Gasteiger partial charge in [-0.2, -0.15) is 10.2 Å². The molecule has 8 heteroatoms. The Labute approximate surface area is 146 Å². The van der Waals surface area contributed by atoms with Crippen molar-refractivity contribution in [1.29, 1.82) is 0 Å². The molecule has 0 N–H and O–H groups in total. The Morgan fingerprint density at radius 3 is 2.68 bits per heavy atom. The Morgan fingerprint density at radius 1 is 1.20 bits per heavy atom. The van der Waals surface area contributed by atoms with Crippen molar-refractivity contribution in [3.63, 3.8) is 0 Å². The third-order valence-electron chi connectivity index (χ3n) is 5.05. The maximum Gasteiger partial charge on any atom is 0.346 e. The summed E-state index contributed by atoms with van der Waals surface area (Å²) in [7, 11) is 0. The molecule has 0 radical (unpaired) electrons. The van der Waals surface area contributed by atoms with Crippen molar-refractivity contribution in [3.05, 3.63) is 33.8 Å². The first-order valence-electron chi connectivity index (χ1n) is 8.96. The molecular weight excluding hydrogens is 320 g/mol. The normalized spacial score (nSPS) is 17.0. The van der Waals surface area contributed by atoms with Crippen molar-refractivity contribution in [1.82, 2.24) is 29.0 Å². The number of aryl methyl sites for hydroxylation is 3. The van der Waals surface area contributed by atoms with Gasteiger partial charge in [0.1, 0.15) is 0 Å². The summed E-state index contributed by atoms with van der Waals surface area (Å²) < 4.78 is 5.17. The van der Waals surface area contributed by atoms with Gasteiger partial charge in [-0.3, -0.25) is 14.0 Å². The van der Waals surface area contributed by atoms with E-state index < -0.39 is 0 Å². The van der Waals surface area contributed by atoms with Crippen LogP contribution in [0.25, 0.3) is 0 Å². The summed E-state index contributed by atoms with van der Waals surface area (Å²) in [4.78, 5) is 26.7. The molecule has 1 aliphatic carbocycles. The molecule has 0 saturated heterocycles. The summed E-state index contributed by atoms with van der Waals surface area (Å²) in [5.41, 5.74) is 2.00. The quantitative estimate of drug-likeness (QED) is 0.800. The Bertz CT molecular complexity index is 857. The molecule has 1 saturated carbocycles. The number of hydrogen-bond acceptors (Lipinski definition) is 4. The number of fused-ring (bicyclic) bond motifs is 1. The fourth-order valence-corrected chi connectivity index (χ4v) is 3.44. The SMILES string of the molecule is Cc1cc(C)n(CCC(=O)N2CCn3c(nn(CC4CC4)c3=O)C2)n1. The van der Waals surface area contributed by atoms with Crippen LogP contribution in [0.5, 0.6) is 0 Å². The monoisotopic (exact) mass is 344 g/mol. The smallest absolute Gasteiger partial charge is 0.333 e. The predicted octanol–water partition coefficient (Wildman–Crippen LogP) is 0.701. The zero-order valence-corrected chi connectivity index (χ0v) is 14.8. The zero-order chi connectivity index (χ0) is 17.6. The van der Waals surface area contributed by atoms with Crippen molar-refractivity contribution in [2.24, 2.45) is 5.92 Å². The van der Waals surface area contributed by atoms with E-state index >= 15 is 0 Å².